The van der Waals surface area contributed by atoms with Gasteiger partial charge in [-0.2, -0.15) is 0 Å². The molecular weight excluding hydrogens is 416 g/mol. The van der Waals surface area contributed by atoms with Crippen molar-refractivity contribution >= 4 is 41.0 Å². The van der Waals surface area contributed by atoms with Crippen molar-refractivity contribution in [3.05, 3.63) is 94.5 Å². The van der Waals surface area contributed by atoms with Crippen LogP contribution in [0.2, 0.25) is 0 Å². The van der Waals surface area contributed by atoms with Gasteiger partial charge in [0.15, 0.2) is 0 Å². The molecule has 0 bridgehead atoms. The van der Waals surface area contributed by atoms with E-state index < -0.39 is 29.7 Å². The van der Waals surface area contributed by atoms with Gasteiger partial charge in [-0.15, -0.1) is 0 Å². The van der Waals surface area contributed by atoms with Gasteiger partial charge >= 0.3 is 11.9 Å². The normalized spacial score (nSPS) is 12.4. The molecule has 9 heteroatoms. The summed E-state index contributed by atoms with van der Waals surface area (Å²) in [4.78, 5) is 61.3. The van der Waals surface area contributed by atoms with E-state index in [4.69, 9.17) is 5.11 Å². The van der Waals surface area contributed by atoms with Crippen LogP contribution in [0.3, 0.4) is 0 Å². The largest absolute Gasteiger partial charge is 0.478 e. The molecule has 3 N–H and O–H groups in total. The van der Waals surface area contributed by atoms with Gasteiger partial charge in [-0.05, 0) is 54.6 Å². The van der Waals surface area contributed by atoms with Crippen LogP contribution in [0, 0.1) is 0 Å². The summed E-state index contributed by atoms with van der Waals surface area (Å²) >= 11 is 0. The predicted molar refractivity (Wildman–Crippen MR) is 112 cm³/mol. The van der Waals surface area contributed by atoms with Gasteiger partial charge in [-0.25, -0.2) is 14.5 Å². The highest BCUT2D eigenvalue weighted by atomic mass is 16.4. The first-order valence-electron chi connectivity index (χ1n) is 9.28. The number of hydrogen-bond acceptors (Lipinski definition) is 5. The van der Waals surface area contributed by atoms with E-state index in [2.05, 4.69) is 5.32 Å². The van der Waals surface area contributed by atoms with E-state index in [0.29, 0.717) is 0 Å². The number of amides is 3. The highest BCUT2D eigenvalue weighted by molar-refractivity contribution is 6.34. The van der Waals surface area contributed by atoms with Crippen LogP contribution in [-0.4, -0.2) is 39.9 Å². The van der Waals surface area contributed by atoms with E-state index in [1.165, 1.54) is 54.6 Å². The Kier molecular flexibility index (Phi) is 4.99. The van der Waals surface area contributed by atoms with Gasteiger partial charge in [0.2, 0.25) is 0 Å². The molecule has 1 aliphatic heterocycles. The molecule has 1 heterocycles. The van der Waals surface area contributed by atoms with Crippen LogP contribution in [0.1, 0.15) is 51.8 Å². The smallest absolute Gasteiger partial charge is 0.337 e. The number of para-hydroxylation sites is 1. The van der Waals surface area contributed by atoms with E-state index in [1.54, 1.807) is 6.07 Å². The number of carboxylic acids is 2. The quantitative estimate of drug-likeness (QED) is 0.528. The summed E-state index contributed by atoms with van der Waals surface area (Å²) in [6.45, 7) is 0. The molecule has 158 valence electrons. The first-order chi connectivity index (χ1) is 15.3. The van der Waals surface area contributed by atoms with E-state index >= 15 is 0 Å². The first-order valence-corrected chi connectivity index (χ1v) is 9.28. The summed E-state index contributed by atoms with van der Waals surface area (Å²) in [6.07, 6.45) is 0. The molecule has 0 unspecified atom stereocenters. The number of nitrogens with one attached hydrogen (secondary N) is 1. The maximum absolute atomic E-state index is 12.7. The Bertz CT molecular complexity index is 1310. The molecular formula is C23H14N2O7. The number of nitrogens with zero attached hydrogens (tertiary/aromatic N) is 1. The molecule has 1 aliphatic rings. The van der Waals surface area contributed by atoms with Gasteiger partial charge in [-0.3, -0.25) is 14.4 Å². The van der Waals surface area contributed by atoms with Crippen molar-refractivity contribution < 1.29 is 34.2 Å². The molecule has 9 nitrogen and oxygen atoms in total. The summed E-state index contributed by atoms with van der Waals surface area (Å²) in [5.74, 6) is -4.24. The number of anilines is 2. The zero-order valence-electron chi connectivity index (χ0n) is 16.2. The van der Waals surface area contributed by atoms with Crippen LogP contribution in [0.4, 0.5) is 11.4 Å². The summed E-state index contributed by atoms with van der Waals surface area (Å²) in [7, 11) is 0. The van der Waals surface area contributed by atoms with Crippen molar-refractivity contribution in [2.75, 3.05) is 10.2 Å². The number of fused-ring (bicyclic) bond motifs is 1. The number of carboxylic acid groups (broad SMARTS) is 2. The van der Waals surface area contributed by atoms with Gasteiger partial charge in [-0.1, -0.05) is 12.1 Å². The zero-order valence-corrected chi connectivity index (χ0v) is 16.2. The third-order valence-electron chi connectivity index (χ3n) is 4.93. The molecule has 0 radical (unpaired) electrons. The second-order valence-corrected chi connectivity index (χ2v) is 6.86. The molecule has 3 amide bonds. The summed E-state index contributed by atoms with van der Waals surface area (Å²) in [5.41, 5.74) is 0.414. The van der Waals surface area contributed by atoms with Crippen LogP contribution in [-0.2, 0) is 0 Å². The number of hydrogen-bond donors (Lipinski definition) is 3. The Morgan fingerprint density at radius 1 is 0.719 bits per heavy atom. The van der Waals surface area contributed by atoms with Gasteiger partial charge in [0.25, 0.3) is 17.7 Å². The van der Waals surface area contributed by atoms with Crippen molar-refractivity contribution in [1.82, 2.24) is 0 Å². The molecule has 0 spiro atoms. The second kappa shape index (κ2) is 7.80. The summed E-state index contributed by atoms with van der Waals surface area (Å²) in [5, 5.41) is 20.9. The van der Waals surface area contributed by atoms with Gasteiger partial charge in [0, 0.05) is 5.56 Å². The topological polar surface area (TPSA) is 141 Å². The number of imide groups is 1. The van der Waals surface area contributed by atoms with Crippen LogP contribution in [0.25, 0.3) is 0 Å². The Balaban J connectivity index is 1.57. The molecule has 0 aliphatic carbocycles. The van der Waals surface area contributed by atoms with Crippen molar-refractivity contribution in [1.29, 1.82) is 0 Å². The Morgan fingerprint density at radius 3 is 2.00 bits per heavy atom. The zero-order chi connectivity index (χ0) is 23.0. The fraction of sp³-hybridized carbons (Fsp3) is 0. The fourth-order valence-corrected chi connectivity index (χ4v) is 3.34. The number of carbonyl (C=O) groups is 5. The minimum absolute atomic E-state index is 0.0120. The minimum Gasteiger partial charge on any atom is -0.478 e. The Morgan fingerprint density at radius 2 is 1.34 bits per heavy atom. The Hall–Kier alpha value is -4.79. The lowest BCUT2D eigenvalue weighted by atomic mass is 10.1. The van der Waals surface area contributed by atoms with Gasteiger partial charge in [0.05, 0.1) is 33.6 Å². The van der Waals surface area contributed by atoms with Gasteiger partial charge < -0.3 is 15.5 Å². The minimum atomic E-state index is -1.22. The maximum atomic E-state index is 12.7. The standard InChI is InChI=1S/C23H14N2O7/c26-19(24-18-4-2-1-3-16(18)23(31)32)12-5-8-14(9-6-12)25-20(27)15-10-7-13(22(29)30)11-17(15)21(25)28/h1-11H,(H,24,26)(H,29,30)(H,31,32). The molecule has 3 aromatic rings. The number of aromatic carboxylic acids is 2. The highest BCUT2D eigenvalue weighted by Crippen LogP contribution is 2.29. The number of carbonyl (C=O) groups excluding carboxylic acids is 3. The molecule has 0 fully saturated rings. The molecule has 4 rings (SSSR count). The molecule has 0 atom stereocenters. The molecule has 0 aromatic heterocycles. The van der Waals surface area contributed by atoms with E-state index in [9.17, 15) is 29.1 Å². The lowest BCUT2D eigenvalue weighted by Gasteiger charge is -2.14. The average Bonchev–Trinajstić information content (AvgIpc) is 3.03. The van der Waals surface area contributed by atoms with Crippen LogP contribution in [0.15, 0.2) is 66.7 Å². The van der Waals surface area contributed by atoms with Gasteiger partial charge in [0.1, 0.15) is 0 Å². The van der Waals surface area contributed by atoms with E-state index in [0.717, 1.165) is 11.0 Å². The molecule has 0 saturated carbocycles. The van der Waals surface area contributed by atoms with Crippen molar-refractivity contribution in [2.45, 2.75) is 0 Å². The lowest BCUT2D eigenvalue weighted by molar-refractivity contribution is 0.0686. The fourth-order valence-electron chi connectivity index (χ4n) is 3.34. The first kappa shape index (κ1) is 20.5. The monoisotopic (exact) mass is 430 g/mol. The Labute approximate surface area is 180 Å². The van der Waals surface area contributed by atoms with Crippen LogP contribution >= 0.6 is 0 Å². The summed E-state index contributed by atoms with van der Waals surface area (Å²) < 4.78 is 0. The average molecular weight is 430 g/mol. The number of rotatable bonds is 5. The lowest BCUT2D eigenvalue weighted by Crippen LogP contribution is -2.29. The van der Waals surface area contributed by atoms with Crippen LogP contribution < -0.4 is 10.2 Å². The molecule has 32 heavy (non-hydrogen) atoms. The second-order valence-electron chi connectivity index (χ2n) is 6.86. The van der Waals surface area contributed by atoms with Crippen molar-refractivity contribution in [2.24, 2.45) is 0 Å². The predicted octanol–water partition coefficient (Wildman–Crippen LogP) is 3.14. The molecule has 3 aromatic carbocycles. The third kappa shape index (κ3) is 3.47. The molecule has 0 saturated heterocycles. The SMILES string of the molecule is O=C(O)c1ccc2c(c1)C(=O)N(c1ccc(C(=O)Nc3ccccc3C(=O)O)cc1)C2=O. The van der Waals surface area contributed by atoms with Crippen molar-refractivity contribution in [3.63, 3.8) is 0 Å². The number of benzene rings is 3. The van der Waals surface area contributed by atoms with Crippen molar-refractivity contribution in [3.8, 4) is 0 Å². The van der Waals surface area contributed by atoms with Crippen LogP contribution in [0.5, 0.6) is 0 Å². The van der Waals surface area contributed by atoms with E-state index in [1.807, 2.05) is 0 Å². The summed E-state index contributed by atoms with van der Waals surface area (Å²) in [6, 6.07) is 15.2. The third-order valence-corrected chi connectivity index (χ3v) is 4.93. The van der Waals surface area contributed by atoms with E-state index in [-0.39, 0.29) is 39.2 Å². The maximum Gasteiger partial charge on any atom is 0.337 e. The highest BCUT2D eigenvalue weighted by Gasteiger charge is 2.37.